The van der Waals surface area contributed by atoms with E-state index >= 15 is 0 Å². The van der Waals surface area contributed by atoms with Crippen LogP contribution in [0.25, 0.3) is 11.3 Å². The van der Waals surface area contributed by atoms with Crippen LogP contribution in [0, 0.1) is 0 Å². The molecule has 0 radical (unpaired) electrons. The van der Waals surface area contributed by atoms with Crippen LogP contribution in [0.5, 0.6) is 0 Å². The first-order valence-electron chi connectivity index (χ1n) is 16.0. The van der Waals surface area contributed by atoms with Gasteiger partial charge in [-0.05, 0) is 66.0 Å². The predicted molar refractivity (Wildman–Crippen MR) is 179 cm³/mol. The van der Waals surface area contributed by atoms with Gasteiger partial charge in [-0.15, -0.1) is 11.6 Å². The number of carbonyl (C=O) groups excluding carboxylic acids is 2. The average molecular weight is 641 g/mol. The summed E-state index contributed by atoms with van der Waals surface area (Å²) >= 11 is 5.35. The molecule has 13 heteroatoms. The van der Waals surface area contributed by atoms with Crippen molar-refractivity contribution >= 4 is 29.1 Å². The van der Waals surface area contributed by atoms with E-state index in [4.69, 9.17) is 16.7 Å². The van der Waals surface area contributed by atoms with Gasteiger partial charge in [0.1, 0.15) is 5.69 Å². The highest BCUT2D eigenvalue weighted by atomic mass is 35.5. The molecule has 0 atom stereocenters. The second kappa shape index (κ2) is 17.4. The molecule has 0 aromatic carbocycles. The number of amides is 2. The third kappa shape index (κ3) is 10.6. The van der Waals surface area contributed by atoms with Gasteiger partial charge < -0.3 is 25.3 Å². The molecular formula is C32H49ClN10O2. The van der Waals surface area contributed by atoms with Gasteiger partial charge in [-0.3, -0.25) is 19.0 Å². The molecule has 0 aliphatic carbocycles. The molecule has 0 spiro atoms. The minimum absolute atomic E-state index is 0.178. The molecule has 0 unspecified atom stereocenters. The minimum Gasteiger partial charge on any atom is -0.351 e. The Hall–Kier alpha value is -3.32. The molecule has 1 fully saturated rings. The molecule has 246 valence electrons. The van der Waals surface area contributed by atoms with E-state index in [-0.39, 0.29) is 29.2 Å². The summed E-state index contributed by atoms with van der Waals surface area (Å²) in [5, 5.41) is 15.1. The number of carbonyl (C=O) groups is 2. The Morgan fingerprint density at radius 3 is 2.36 bits per heavy atom. The Bertz CT molecular complexity index is 1360. The van der Waals surface area contributed by atoms with Crippen molar-refractivity contribution in [3.05, 3.63) is 48.2 Å². The van der Waals surface area contributed by atoms with Crippen molar-refractivity contribution in [3.8, 4) is 11.3 Å². The van der Waals surface area contributed by atoms with Crippen molar-refractivity contribution in [2.45, 2.75) is 51.1 Å². The van der Waals surface area contributed by atoms with Gasteiger partial charge in [-0.2, -0.15) is 10.2 Å². The quantitative estimate of drug-likeness (QED) is 0.392. The monoisotopic (exact) mass is 640 g/mol. The lowest BCUT2D eigenvalue weighted by molar-refractivity contribution is 0.0946. The van der Waals surface area contributed by atoms with Gasteiger partial charge >= 0.3 is 0 Å². The van der Waals surface area contributed by atoms with Crippen LogP contribution in [-0.2, 0) is 6.54 Å². The van der Waals surface area contributed by atoms with Crippen LogP contribution >= 0.6 is 11.6 Å². The number of likely N-dealkylation sites (N-methyl/N-ethyl adjacent to an activating group) is 1. The van der Waals surface area contributed by atoms with Gasteiger partial charge in [0.25, 0.3) is 11.8 Å². The number of alkyl halides is 1. The van der Waals surface area contributed by atoms with Gasteiger partial charge in [0.05, 0.1) is 23.6 Å². The number of pyridine rings is 1. The summed E-state index contributed by atoms with van der Waals surface area (Å²) in [4.78, 5) is 37.8. The van der Waals surface area contributed by atoms with Crippen molar-refractivity contribution in [1.29, 1.82) is 0 Å². The van der Waals surface area contributed by atoms with E-state index in [2.05, 4.69) is 44.6 Å². The molecule has 45 heavy (non-hydrogen) atoms. The van der Waals surface area contributed by atoms with E-state index in [0.29, 0.717) is 17.9 Å². The zero-order valence-corrected chi connectivity index (χ0v) is 28.0. The van der Waals surface area contributed by atoms with Crippen molar-refractivity contribution in [2.75, 3.05) is 78.7 Å². The van der Waals surface area contributed by atoms with E-state index in [0.717, 1.165) is 89.2 Å². The highest BCUT2D eigenvalue weighted by Gasteiger charge is 2.26. The Kier molecular flexibility index (Phi) is 13.4. The Morgan fingerprint density at radius 1 is 0.911 bits per heavy atom. The first-order valence-corrected chi connectivity index (χ1v) is 16.5. The summed E-state index contributed by atoms with van der Waals surface area (Å²) in [6.07, 6.45) is 11.4. The van der Waals surface area contributed by atoms with Crippen molar-refractivity contribution in [1.82, 2.24) is 44.6 Å². The normalized spacial score (nSPS) is 17.1. The number of anilines is 1. The summed E-state index contributed by atoms with van der Waals surface area (Å²) in [6, 6.07) is 5.54. The van der Waals surface area contributed by atoms with Gasteiger partial charge in [-0.25, -0.2) is 4.98 Å². The number of piperidine rings is 1. The fourth-order valence-corrected chi connectivity index (χ4v) is 5.66. The Morgan fingerprint density at radius 2 is 1.64 bits per heavy atom. The topological polar surface area (TPSA) is 116 Å². The highest BCUT2D eigenvalue weighted by molar-refractivity contribution is 6.18. The maximum atomic E-state index is 13.3. The third-order valence-corrected chi connectivity index (χ3v) is 8.20. The number of fused-ring (bicyclic) bond motifs is 6. The molecule has 2 aliphatic rings. The maximum Gasteiger partial charge on any atom is 0.274 e. The molecule has 2 aliphatic heterocycles. The lowest BCUT2D eigenvalue weighted by Crippen LogP contribution is -2.38. The average Bonchev–Trinajstić information content (AvgIpc) is 3.67. The van der Waals surface area contributed by atoms with Crippen molar-refractivity contribution < 1.29 is 9.59 Å². The number of hydrogen-bond donors (Lipinski definition) is 2. The molecule has 1 saturated heterocycles. The molecule has 5 heterocycles. The summed E-state index contributed by atoms with van der Waals surface area (Å²) in [7, 11) is 8.19. The summed E-state index contributed by atoms with van der Waals surface area (Å²) in [6.45, 7) is 6.40. The van der Waals surface area contributed by atoms with Gasteiger partial charge in [0.15, 0.2) is 5.69 Å². The zero-order chi connectivity index (χ0) is 32.2. The summed E-state index contributed by atoms with van der Waals surface area (Å²) in [5.74, 6) is 0.0861. The Labute approximate surface area is 272 Å². The fraction of sp³-hybridized carbons (Fsp3) is 0.594. The fourth-order valence-electron chi connectivity index (χ4n) is 5.32. The predicted octanol–water partition coefficient (Wildman–Crippen LogP) is 3.68. The number of aryl methyl sites for hydroxylation is 1. The van der Waals surface area contributed by atoms with E-state index in [9.17, 15) is 9.59 Å². The second-order valence-electron chi connectivity index (χ2n) is 12.3. The third-order valence-electron chi connectivity index (χ3n) is 8.03. The number of nitrogens with one attached hydrogen (secondary N) is 2. The van der Waals surface area contributed by atoms with E-state index in [1.807, 2.05) is 46.7 Å². The first kappa shape index (κ1) is 34.6. The molecule has 4 bridgehead atoms. The number of rotatable bonds is 6. The van der Waals surface area contributed by atoms with Crippen LogP contribution in [0.1, 0.15) is 65.5 Å². The van der Waals surface area contributed by atoms with Crippen LogP contribution in [-0.4, -0.2) is 124 Å². The van der Waals surface area contributed by atoms with Gasteiger partial charge in [-0.1, -0.05) is 18.9 Å². The van der Waals surface area contributed by atoms with Crippen LogP contribution in [0.3, 0.4) is 0 Å². The molecular weight excluding hydrogens is 592 g/mol. The molecule has 5 rings (SSSR count). The maximum absolute atomic E-state index is 13.3. The molecule has 0 saturated carbocycles. The standard InChI is InChI=1S/C28H39N9O2.C4H10ClN/c1-34(2)16-17-35-14-10-22(11-15-35)37-20-25-26(33-37)28(39)29-12-5-3-4-6-13-36-19-21(18-30-36)23-8-7-9-24(31-23)27(38)32-25;1-6(2)4-3-5/h7-9,18-20,22H,3-6,10-17H2,1-2H3,(H,29,39)(H,32,38);3-4H2,1-2H3. The minimum atomic E-state index is -0.377. The SMILES string of the molecule is CN(C)CCCl.CN(C)CCN1CCC(n2cc3c(n2)C(=O)NCCCCCCn2cc(cn2)-c2cccc(n2)C(=O)N3)CC1. The van der Waals surface area contributed by atoms with Gasteiger partial charge in [0, 0.05) is 69.7 Å². The van der Waals surface area contributed by atoms with Crippen LogP contribution in [0.4, 0.5) is 5.69 Å². The number of likely N-dealkylation sites (tertiary alicyclic amines) is 1. The molecule has 2 N–H and O–H groups in total. The van der Waals surface area contributed by atoms with Crippen LogP contribution in [0.15, 0.2) is 36.8 Å². The van der Waals surface area contributed by atoms with E-state index < -0.39 is 0 Å². The Balaban J connectivity index is 0.000000700. The largest absolute Gasteiger partial charge is 0.351 e. The smallest absolute Gasteiger partial charge is 0.274 e. The highest BCUT2D eigenvalue weighted by Crippen LogP contribution is 2.26. The number of halogens is 1. The van der Waals surface area contributed by atoms with Crippen LogP contribution < -0.4 is 10.6 Å². The van der Waals surface area contributed by atoms with Crippen molar-refractivity contribution in [3.63, 3.8) is 0 Å². The molecule has 3 aromatic heterocycles. The lowest BCUT2D eigenvalue weighted by atomic mass is 10.1. The number of hydrogen-bond acceptors (Lipinski definition) is 8. The number of aromatic nitrogens is 5. The second-order valence-corrected chi connectivity index (χ2v) is 12.6. The van der Waals surface area contributed by atoms with Gasteiger partial charge in [0.2, 0.25) is 0 Å². The summed E-state index contributed by atoms with van der Waals surface area (Å²) in [5.41, 5.74) is 2.49. The summed E-state index contributed by atoms with van der Waals surface area (Å²) < 4.78 is 3.79. The van der Waals surface area contributed by atoms with E-state index in [1.165, 1.54) is 0 Å². The molecule has 3 aromatic rings. The zero-order valence-electron chi connectivity index (χ0n) is 27.2. The molecule has 2 amide bonds. The lowest BCUT2D eigenvalue weighted by Gasteiger charge is -2.32. The van der Waals surface area contributed by atoms with E-state index in [1.54, 1.807) is 18.5 Å². The van der Waals surface area contributed by atoms with Crippen LogP contribution in [0.2, 0.25) is 0 Å². The molecule has 12 nitrogen and oxygen atoms in total. The first-order chi connectivity index (χ1) is 21.7. The number of nitrogens with zero attached hydrogens (tertiary/aromatic N) is 8. The van der Waals surface area contributed by atoms with Crippen molar-refractivity contribution in [2.24, 2.45) is 0 Å².